The molecule has 0 bridgehead atoms. The highest BCUT2D eigenvalue weighted by Crippen LogP contribution is 2.34. The van der Waals surface area contributed by atoms with Crippen molar-refractivity contribution < 1.29 is 17.9 Å². The molecule has 120 valence electrons. The van der Waals surface area contributed by atoms with Crippen molar-refractivity contribution >= 4 is 5.82 Å². The average Bonchev–Trinajstić information content (AvgIpc) is 2.85. The summed E-state index contributed by atoms with van der Waals surface area (Å²) in [5.74, 6) is -0.458. The van der Waals surface area contributed by atoms with Crippen molar-refractivity contribution in [1.82, 2.24) is 20.1 Å². The van der Waals surface area contributed by atoms with Crippen molar-refractivity contribution in [2.45, 2.75) is 25.9 Å². The van der Waals surface area contributed by atoms with Crippen LogP contribution in [0.25, 0.3) is 11.1 Å². The molecular weight excluding hydrogens is 299 g/mol. The molecule has 2 aromatic heterocycles. The Hall–Kier alpha value is -2.29. The summed E-state index contributed by atoms with van der Waals surface area (Å²) in [6.07, 6.45) is -0.485. The Kier molecular flexibility index (Phi) is 4.55. The lowest BCUT2D eigenvalue weighted by Crippen LogP contribution is -2.26. The van der Waals surface area contributed by atoms with Gasteiger partial charge in [-0.05, 0) is 14.0 Å². The Morgan fingerprint density at radius 2 is 2.14 bits per heavy atom. The van der Waals surface area contributed by atoms with E-state index in [9.17, 15) is 13.2 Å². The number of hydrogen-bond donors (Lipinski definition) is 2. The first-order valence-electron chi connectivity index (χ1n) is 6.50. The molecule has 1 atom stereocenters. The zero-order valence-electron chi connectivity index (χ0n) is 12.1. The molecule has 2 aromatic rings. The summed E-state index contributed by atoms with van der Waals surface area (Å²) < 4.78 is 43.1. The highest BCUT2D eigenvalue weighted by molar-refractivity contribution is 5.70. The van der Waals surface area contributed by atoms with E-state index in [0.29, 0.717) is 12.1 Å². The summed E-state index contributed by atoms with van der Waals surface area (Å²) in [5.41, 5.74) is 6.07. The molecule has 2 rings (SSSR count). The molecule has 0 saturated heterocycles. The number of alkyl halides is 3. The van der Waals surface area contributed by atoms with E-state index in [1.807, 2.05) is 14.0 Å². The van der Waals surface area contributed by atoms with Crippen LogP contribution in [-0.4, -0.2) is 34.2 Å². The molecule has 6 nitrogen and oxygen atoms in total. The van der Waals surface area contributed by atoms with Gasteiger partial charge in [-0.1, -0.05) is 0 Å². The Balaban J connectivity index is 2.32. The molecule has 0 spiro atoms. The standard InChI is InChI=1S/C13H16F3N5O/c1-8(18-2)6-21-7-9(4-20-21)10-5-19-12(17)3-11(10)22-13(14,15)16/h3-5,7-8,18H,6H2,1-2H3,(H2,17,19). The van der Waals surface area contributed by atoms with Gasteiger partial charge in [0.05, 0.1) is 12.7 Å². The van der Waals surface area contributed by atoms with E-state index in [1.54, 1.807) is 10.9 Å². The van der Waals surface area contributed by atoms with Crippen molar-refractivity contribution in [3.8, 4) is 16.9 Å². The summed E-state index contributed by atoms with van der Waals surface area (Å²) in [4.78, 5) is 3.81. The van der Waals surface area contributed by atoms with Gasteiger partial charge in [-0.25, -0.2) is 4.98 Å². The number of pyridine rings is 1. The molecule has 0 aliphatic carbocycles. The van der Waals surface area contributed by atoms with Crippen LogP contribution in [0, 0.1) is 0 Å². The first-order valence-corrected chi connectivity index (χ1v) is 6.50. The minimum atomic E-state index is -4.81. The van der Waals surface area contributed by atoms with Gasteiger partial charge in [0.15, 0.2) is 0 Å². The van der Waals surface area contributed by atoms with E-state index in [1.165, 1.54) is 12.4 Å². The number of nitrogens with two attached hydrogens (primary N) is 1. The van der Waals surface area contributed by atoms with Crippen molar-refractivity contribution in [2.24, 2.45) is 0 Å². The van der Waals surface area contributed by atoms with Gasteiger partial charge in [-0.15, -0.1) is 13.2 Å². The van der Waals surface area contributed by atoms with Crippen LogP contribution >= 0.6 is 0 Å². The number of anilines is 1. The number of nitrogens with zero attached hydrogens (tertiary/aromatic N) is 3. The number of hydrogen-bond acceptors (Lipinski definition) is 5. The molecule has 0 amide bonds. The summed E-state index contributed by atoms with van der Waals surface area (Å²) in [7, 11) is 1.81. The van der Waals surface area contributed by atoms with Crippen LogP contribution in [-0.2, 0) is 6.54 Å². The lowest BCUT2D eigenvalue weighted by atomic mass is 10.1. The van der Waals surface area contributed by atoms with Crippen molar-refractivity contribution in [2.75, 3.05) is 12.8 Å². The van der Waals surface area contributed by atoms with Crippen molar-refractivity contribution in [1.29, 1.82) is 0 Å². The first kappa shape index (κ1) is 16.1. The Labute approximate surface area is 125 Å². The third-order valence-corrected chi connectivity index (χ3v) is 3.01. The molecular formula is C13H16F3N5O. The van der Waals surface area contributed by atoms with E-state index in [-0.39, 0.29) is 17.4 Å². The van der Waals surface area contributed by atoms with Gasteiger partial charge in [0.2, 0.25) is 0 Å². The smallest absolute Gasteiger partial charge is 0.405 e. The number of likely N-dealkylation sites (N-methyl/N-ethyl adjacent to an activating group) is 1. The Bertz CT molecular complexity index is 641. The molecule has 22 heavy (non-hydrogen) atoms. The molecule has 0 aromatic carbocycles. The number of ether oxygens (including phenoxy) is 1. The molecule has 1 unspecified atom stereocenters. The summed E-state index contributed by atoms with van der Waals surface area (Å²) in [6, 6.07) is 1.21. The SMILES string of the molecule is CNC(C)Cn1cc(-c2cnc(N)cc2OC(F)(F)F)cn1. The van der Waals surface area contributed by atoms with Crippen molar-refractivity contribution in [3.05, 3.63) is 24.7 Å². The number of nitrogen functional groups attached to an aromatic ring is 1. The van der Waals surface area contributed by atoms with E-state index in [4.69, 9.17) is 5.73 Å². The number of nitrogens with one attached hydrogen (secondary N) is 1. The molecule has 9 heteroatoms. The first-order chi connectivity index (χ1) is 10.3. The molecule has 2 heterocycles. The van der Waals surface area contributed by atoms with Crippen LogP contribution in [0.2, 0.25) is 0 Å². The summed E-state index contributed by atoms with van der Waals surface area (Å²) in [5, 5.41) is 7.17. The molecule has 0 aliphatic rings. The second-order valence-corrected chi connectivity index (χ2v) is 4.79. The molecule has 0 aliphatic heterocycles. The van der Waals surface area contributed by atoms with E-state index in [2.05, 4.69) is 20.1 Å². The zero-order chi connectivity index (χ0) is 16.3. The second-order valence-electron chi connectivity index (χ2n) is 4.79. The van der Waals surface area contributed by atoms with E-state index >= 15 is 0 Å². The van der Waals surface area contributed by atoms with Crippen molar-refractivity contribution in [3.63, 3.8) is 0 Å². The molecule has 0 saturated carbocycles. The van der Waals surface area contributed by atoms with Crippen LogP contribution in [0.1, 0.15) is 6.92 Å². The number of aromatic nitrogens is 3. The van der Waals surface area contributed by atoms with Gasteiger partial charge in [-0.3, -0.25) is 4.68 Å². The van der Waals surface area contributed by atoms with Gasteiger partial charge >= 0.3 is 6.36 Å². The fourth-order valence-corrected chi connectivity index (χ4v) is 1.85. The minimum Gasteiger partial charge on any atom is -0.405 e. The number of rotatable bonds is 5. The van der Waals surface area contributed by atoms with E-state index in [0.717, 1.165) is 6.07 Å². The third kappa shape index (κ3) is 4.10. The van der Waals surface area contributed by atoms with Crippen LogP contribution in [0.4, 0.5) is 19.0 Å². The highest BCUT2D eigenvalue weighted by Gasteiger charge is 2.32. The Morgan fingerprint density at radius 3 is 2.77 bits per heavy atom. The zero-order valence-corrected chi connectivity index (χ0v) is 12.1. The maximum absolute atomic E-state index is 12.5. The topological polar surface area (TPSA) is 78.0 Å². The van der Waals surface area contributed by atoms with Crippen LogP contribution < -0.4 is 15.8 Å². The molecule has 0 radical (unpaired) electrons. The van der Waals surface area contributed by atoms with Gasteiger partial charge in [-0.2, -0.15) is 5.10 Å². The quantitative estimate of drug-likeness (QED) is 0.883. The fourth-order valence-electron chi connectivity index (χ4n) is 1.85. The van der Waals surface area contributed by atoms with Gasteiger partial charge < -0.3 is 15.8 Å². The van der Waals surface area contributed by atoms with Gasteiger partial charge in [0.25, 0.3) is 0 Å². The lowest BCUT2D eigenvalue weighted by molar-refractivity contribution is -0.274. The molecule has 3 N–H and O–H groups in total. The van der Waals surface area contributed by atoms with Crippen LogP contribution in [0.15, 0.2) is 24.7 Å². The van der Waals surface area contributed by atoms with Crippen LogP contribution in [0.3, 0.4) is 0 Å². The van der Waals surface area contributed by atoms with Crippen LogP contribution in [0.5, 0.6) is 5.75 Å². The third-order valence-electron chi connectivity index (χ3n) is 3.01. The fraction of sp³-hybridized carbons (Fsp3) is 0.385. The Morgan fingerprint density at radius 1 is 1.41 bits per heavy atom. The summed E-state index contributed by atoms with van der Waals surface area (Å²) in [6.45, 7) is 2.54. The average molecular weight is 315 g/mol. The monoisotopic (exact) mass is 315 g/mol. The van der Waals surface area contributed by atoms with Gasteiger partial charge in [0.1, 0.15) is 11.6 Å². The lowest BCUT2D eigenvalue weighted by Gasteiger charge is -2.12. The maximum Gasteiger partial charge on any atom is 0.573 e. The second kappa shape index (κ2) is 6.22. The maximum atomic E-state index is 12.5. The minimum absolute atomic E-state index is 0.0563. The number of halogens is 3. The summed E-state index contributed by atoms with van der Waals surface area (Å²) >= 11 is 0. The predicted octanol–water partition coefficient (Wildman–Crippen LogP) is 2.03. The normalized spacial score (nSPS) is 13.1. The predicted molar refractivity (Wildman–Crippen MR) is 75.1 cm³/mol. The largest absolute Gasteiger partial charge is 0.573 e. The highest BCUT2D eigenvalue weighted by atomic mass is 19.4. The van der Waals surface area contributed by atoms with E-state index < -0.39 is 12.1 Å². The van der Waals surface area contributed by atoms with Gasteiger partial charge in [0, 0.05) is 35.6 Å². The molecule has 0 fully saturated rings.